The summed E-state index contributed by atoms with van der Waals surface area (Å²) in [5, 5.41) is 12.3. The van der Waals surface area contributed by atoms with Crippen LogP contribution in [0.2, 0.25) is 0 Å². The largest absolute Gasteiger partial charge is 0.435 e. The lowest BCUT2D eigenvalue weighted by atomic mass is 10.0. The number of rotatable bonds is 7. The summed E-state index contributed by atoms with van der Waals surface area (Å²) in [6, 6.07) is 5.52. The van der Waals surface area contributed by atoms with Crippen LogP contribution in [0.5, 0.6) is 5.75 Å². The maximum atomic E-state index is 12.1. The molecule has 0 saturated carbocycles. The number of amides is 1. The molecule has 0 spiro atoms. The second kappa shape index (κ2) is 7.79. The highest BCUT2D eigenvalue weighted by Crippen LogP contribution is 2.16. The summed E-state index contributed by atoms with van der Waals surface area (Å²) in [7, 11) is 0. The number of hydrogen-bond donors (Lipinski definition) is 2. The van der Waals surface area contributed by atoms with Crippen LogP contribution in [0, 0.1) is 5.92 Å². The Morgan fingerprint density at radius 1 is 1.45 bits per heavy atom. The molecule has 0 bridgehead atoms. The van der Waals surface area contributed by atoms with Crippen LogP contribution in [0.3, 0.4) is 0 Å². The second-order valence-electron chi connectivity index (χ2n) is 4.57. The third kappa shape index (κ3) is 5.13. The van der Waals surface area contributed by atoms with Crippen molar-refractivity contribution < 1.29 is 23.4 Å². The summed E-state index contributed by atoms with van der Waals surface area (Å²) >= 11 is 0. The van der Waals surface area contributed by atoms with Gasteiger partial charge < -0.3 is 15.2 Å². The lowest BCUT2D eigenvalue weighted by molar-refractivity contribution is -0.0498. The third-order valence-electron chi connectivity index (χ3n) is 3.09. The van der Waals surface area contributed by atoms with Gasteiger partial charge in [0.05, 0.1) is 6.10 Å². The molecule has 20 heavy (non-hydrogen) atoms. The van der Waals surface area contributed by atoms with E-state index >= 15 is 0 Å². The number of hydrogen-bond acceptors (Lipinski definition) is 3. The number of nitrogens with one attached hydrogen (secondary N) is 1. The Bertz CT molecular complexity index is 440. The Morgan fingerprint density at radius 2 is 2.15 bits per heavy atom. The monoisotopic (exact) mass is 287 g/mol. The van der Waals surface area contributed by atoms with Crippen molar-refractivity contribution in [1.29, 1.82) is 0 Å². The number of alkyl halides is 2. The maximum Gasteiger partial charge on any atom is 0.387 e. The van der Waals surface area contributed by atoms with Gasteiger partial charge in [0.1, 0.15) is 5.75 Å². The molecule has 0 aliphatic heterocycles. The van der Waals surface area contributed by atoms with Gasteiger partial charge in [-0.15, -0.1) is 0 Å². The molecule has 1 amide bonds. The minimum Gasteiger partial charge on any atom is -0.435 e. The molecule has 0 heterocycles. The second-order valence-corrected chi connectivity index (χ2v) is 4.57. The zero-order chi connectivity index (χ0) is 15.1. The van der Waals surface area contributed by atoms with E-state index in [1.165, 1.54) is 24.3 Å². The van der Waals surface area contributed by atoms with E-state index in [1.807, 2.05) is 13.8 Å². The van der Waals surface area contributed by atoms with Crippen LogP contribution in [0.1, 0.15) is 30.6 Å². The molecular weight excluding hydrogens is 268 g/mol. The summed E-state index contributed by atoms with van der Waals surface area (Å²) in [4.78, 5) is 11.8. The van der Waals surface area contributed by atoms with E-state index in [0.29, 0.717) is 0 Å². The molecule has 0 radical (unpaired) electrons. The van der Waals surface area contributed by atoms with Crippen molar-refractivity contribution in [3.8, 4) is 5.75 Å². The minimum atomic E-state index is -2.93. The van der Waals surface area contributed by atoms with Crippen LogP contribution < -0.4 is 10.1 Å². The lowest BCUT2D eigenvalue weighted by Gasteiger charge is -2.17. The molecule has 1 aromatic rings. The van der Waals surface area contributed by atoms with Crippen LogP contribution in [0.15, 0.2) is 24.3 Å². The van der Waals surface area contributed by atoms with E-state index in [4.69, 9.17) is 0 Å². The van der Waals surface area contributed by atoms with Gasteiger partial charge in [-0.1, -0.05) is 26.3 Å². The number of carbonyl (C=O) groups excluding carboxylic acids is 1. The van der Waals surface area contributed by atoms with Crippen molar-refractivity contribution in [3.05, 3.63) is 29.8 Å². The molecule has 4 nitrogen and oxygen atoms in total. The summed E-state index contributed by atoms with van der Waals surface area (Å²) in [5.41, 5.74) is 0.208. The molecule has 2 unspecified atom stereocenters. The highest BCUT2D eigenvalue weighted by atomic mass is 19.3. The molecule has 112 valence electrons. The summed E-state index contributed by atoms with van der Waals surface area (Å²) in [6.45, 7) is 1.02. The first-order valence-corrected chi connectivity index (χ1v) is 6.45. The molecule has 0 aliphatic rings. The van der Waals surface area contributed by atoms with Gasteiger partial charge in [-0.05, 0) is 24.1 Å². The first-order chi connectivity index (χ1) is 9.43. The molecule has 0 aliphatic carbocycles. The van der Waals surface area contributed by atoms with Crippen molar-refractivity contribution in [3.63, 3.8) is 0 Å². The Balaban J connectivity index is 2.59. The molecule has 1 rings (SSSR count). The topological polar surface area (TPSA) is 58.6 Å². The highest BCUT2D eigenvalue weighted by Gasteiger charge is 2.14. The van der Waals surface area contributed by atoms with E-state index in [1.54, 1.807) is 0 Å². The van der Waals surface area contributed by atoms with Crippen LogP contribution >= 0.6 is 0 Å². The van der Waals surface area contributed by atoms with Gasteiger partial charge in [0.15, 0.2) is 0 Å². The van der Waals surface area contributed by atoms with E-state index in [0.717, 1.165) is 6.42 Å². The molecule has 0 saturated heterocycles. The molecule has 1 aromatic carbocycles. The molecule has 2 atom stereocenters. The summed E-state index contributed by atoms with van der Waals surface area (Å²) < 4.78 is 28.4. The standard InChI is InChI=1S/C14H19F2NO3/c1-3-9(2)12(18)8-17-13(19)10-5-4-6-11(7-10)20-14(15)16/h4-7,9,12,14,18H,3,8H2,1-2H3,(H,17,19). The van der Waals surface area contributed by atoms with E-state index in [9.17, 15) is 18.7 Å². The van der Waals surface area contributed by atoms with E-state index in [2.05, 4.69) is 10.1 Å². The van der Waals surface area contributed by atoms with Crippen LogP contribution in [0.25, 0.3) is 0 Å². The molecular formula is C14H19F2NO3. The van der Waals surface area contributed by atoms with Gasteiger partial charge in [0.25, 0.3) is 5.91 Å². The summed E-state index contributed by atoms with van der Waals surface area (Å²) in [6.07, 6.45) is 0.166. The number of aliphatic hydroxyl groups is 1. The first-order valence-electron chi connectivity index (χ1n) is 6.45. The zero-order valence-corrected chi connectivity index (χ0v) is 11.5. The van der Waals surface area contributed by atoms with Crippen molar-refractivity contribution >= 4 is 5.91 Å². The van der Waals surface area contributed by atoms with Crippen molar-refractivity contribution in [2.24, 2.45) is 5.92 Å². The fraction of sp³-hybridized carbons (Fsp3) is 0.500. The van der Waals surface area contributed by atoms with Crippen LogP contribution in [-0.4, -0.2) is 30.3 Å². The Kier molecular flexibility index (Phi) is 6.38. The number of aliphatic hydroxyl groups excluding tert-OH is 1. The quantitative estimate of drug-likeness (QED) is 0.809. The fourth-order valence-electron chi connectivity index (χ4n) is 1.59. The van der Waals surface area contributed by atoms with E-state index < -0.39 is 18.6 Å². The summed E-state index contributed by atoms with van der Waals surface area (Å²) in [5.74, 6) is -0.439. The SMILES string of the molecule is CCC(C)C(O)CNC(=O)c1cccc(OC(F)F)c1. The average molecular weight is 287 g/mol. The fourth-order valence-corrected chi connectivity index (χ4v) is 1.59. The van der Waals surface area contributed by atoms with Crippen molar-refractivity contribution in [1.82, 2.24) is 5.32 Å². The number of ether oxygens (including phenoxy) is 1. The average Bonchev–Trinajstić information content (AvgIpc) is 2.43. The van der Waals surface area contributed by atoms with Gasteiger partial charge in [-0.25, -0.2) is 0 Å². The van der Waals surface area contributed by atoms with Crippen LogP contribution in [-0.2, 0) is 0 Å². The molecule has 2 N–H and O–H groups in total. The third-order valence-corrected chi connectivity index (χ3v) is 3.09. The number of halogens is 2. The molecule has 6 heteroatoms. The lowest BCUT2D eigenvalue weighted by Crippen LogP contribution is -2.35. The smallest absolute Gasteiger partial charge is 0.387 e. The van der Waals surface area contributed by atoms with Crippen molar-refractivity contribution in [2.45, 2.75) is 33.0 Å². The van der Waals surface area contributed by atoms with Gasteiger partial charge in [-0.3, -0.25) is 4.79 Å². The molecule has 0 aromatic heterocycles. The minimum absolute atomic E-state index is 0.0730. The highest BCUT2D eigenvalue weighted by molar-refractivity contribution is 5.94. The van der Waals surface area contributed by atoms with Gasteiger partial charge in [0, 0.05) is 12.1 Å². The van der Waals surface area contributed by atoms with Crippen LogP contribution in [0.4, 0.5) is 8.78 Å². The maximum absolute atomic E-state index is 12.1. The first kappa shape index (κ1) is 16.4. The Hall–Kier alpha value is -1.69. The Morgan fingerprint density at radius 3 is 2.75 bits per heavy atom. The van der Waals surface area contributed by atoms with Gasteiger partial charge >= 0.3 is 6.61 Å². The zero-order valence-electron chi connectivity index (χ0n) is 11.5. The normalized spacial score (nSPS) is 13.9. The predicted molar refractivity (Wildman–Crippen MR) is 70.9 cm³/mol. The van der Waals surface area contributed by atoms with Gasteiger partial charge in [0.2, 0.25) is 0 Å². The van der Waals surface area contributed by atoms with E-state index in [-0.39, 0.29) is 23.8 Å². The number of benzene rings is 1. The molecule has 0 fully saturated rings. The van der Waals surface area contributed by atoms with Crippen molar-refractivity contribution in [2.75, 3.05) is 6.54 Å². The Labute approximate surface area is 116 Å². The number of carbonyl (C=O) groups is 1. The predicted octanol–water partition coefficient (Wildman–Crippen LogP) is 2.42. The van der Waals surface area contributed by atoms with Gasteiger partial charge in [-0.2, -0.15) is 8.78 Å².